The molecule has 0 heterocycles. The average molecular weight is 290 g/mol. The lowest BCUT2D eigenvalue weighted by Gasteiger charge is -2.12. The van der Waals surface area contributed by atoms with Gasteiger partial charge < -0.3 is 0 Å². The molecule has 0 aromatic heterocycles. The normalized spacial score (nSPS) is 12.2. The number of nitro groups is 1. The largest absolute Gasteiger partial charge is 0.269 e. The van der Waals surface area contributed by atoms with Crippen LogP contribution in [0.4, 0.5) is 5.69 Å². The molecule has 0 bridgehead atoms. The third kappa shape index (κ3) is 3.58. The third-order valence-corrected chi connectivity index (χ3v) is 3.57. The summed E-state index contributed by atoms with van der Waals surface area (Å²) >= 11 is 6.45. The second-order valence-electron chi connectivity index (χ2n) is 5.02. The summed E-state index contributed by atoms with van der Waals surface area (Å²) in [7, 11) is 0. The first kappa shape index (κ1) is 14.5. The van der Waals surface area contributed by atoms with Crippen LogP contribution in [0, 0.1) is 24.0 Å². The average Bonchev–Trinajstić information content (AvgIpc) is 2.38. The number of rotatable bonds is 4. The van der Waals surface area contributed by atoms with Crippen LogP contribution in [-0.2, 0) is 6.42 Å². The number of benzene rings is 2. The van der Waals surface area contributed by atoms with Crippen LogP contribution in [0.25, 0.3) is 0 Å². The summed E-state index contributed by atoms with van der Waals surface area (Å²) in [4.78, 5) is 10.2. The molecule has 0 aliphatic carbocycles. The first-order valence-corrected chi connectivity index (χ1v) is 6.85. The molecule has 0 aliphatic rings. The summed E-state index contributed by atoms with van der Waals surface area (Å²) in [6, 6.07) is 12.8. The van der Waals surface area contributed by atoms with E-state index in [4.69, 9.17) is 11.6 Å². The molecule has 3 nitrogen and oxygen atoms in total. The summed E-state index contributed by atoms with van der Waals surface area (Å²) in [5.74, 6) is 0. The van der Waals surface area contributed by atoms with Crippen LogP contribution in [0.2, 0.25) is 0 Å². The monoisotopic (exact) mass is 289 g/mol. The number of alkyl halides is 1. The van der Waals surface area contributed by atoms with Gasteiger partial charge in [0.25, 0.3) is 5.69 Å². The van der Waals surface area contributed by atoms with Crippen LogP contribution in [-0.4, -0.2) is 4.92 Å². The van der Waals surface area contributed by atoms with Gasteiger partial charge in [-0.25, -0.2) is 0 Å². The molecule has 2 aromatic carbocycles. The lowest BCUT2D eigenvalue weighted by molar-refractivity contribution is -0.384. The molecule has 0 saturated carbocycles. The summed E-state index contributed by atoms with van der Waals surface area (Å²) in [5.41, 5.74) is 4.56. The van der Waals surface area contributed by atoms with Crippen LogP contribution < -0.4 is 0 Å². The second kappa shape index (κ2) is 6.06. The fourth-order valence-electron chi connectivity index (χ4n) is 2.27. The van der Waals surface area contributed by atoms with Crippen molar-refractivity contribution < 1.29 is 4.92 Å². The molecule has 4 heteroatoms. The van der Waals surface area contributed by atoms with Gasteiger partial charge in [0.2, 0.25) is 0 Å². The van der Waals surface area contributed by atoms with Gasteiger partial charge in [0.15, 0.2) is 0 Å². The quantitative estimate of drug-likeness (QED) is 0.464. The maximum Gasteiger partial charge on any atom is 0.269 e. The van der Waals surface area contributed by atoms with Gasteiger partial charge in [-0.15, -0.1) is 11.6 Å². The van der Waals surface area contributed by atoms with E-state index in [0.29, 0.717) is 6.42 Å². The van der Waals surface area contributed by atoms with Gasteiger partial charge in [0.1, 0.15) is 0 Å². The summed E-state index contributed by atoms with van der Waals surface area (Å²) < 4.78 is 0. The van der Waals surface area contributed by atoms with Crippen molar-refractivity contribution in [2.75, 3.05) is 0 Å². The number of aryl methyl sites for hydroxylation is 2. The molecule has 104 valence electrons. The van der Waals surface area contributed by atoms with Crippen molar-refractivity contribution in [3.05, 3.63) is 74.8 Å². The standard InChI is InChI=1S/C16H16ClNO2/c1-11-7-12(2)9-14(8-11)16(17)10-13-3-5-15(6-4-13)18(19)20/h3-9,16H,10H2,1-2H3. The fourth-order valence-corrected chi connectivity index (χ4v) is 2.57. The van der Waals surface area contributed by atoms with Gasteiger partial charge in [-0.3, -0.25) is 10.1 Å². The zero-order chi connectivity index (χ0) is 14.7. The van der Waals surface area contributed by atoms with Crippen molar-refractivity contribution in [2.24, 2.45) is 0 Å². The Morgan fingerprint density at radius 2 is 1.65 bits per heavy atom. The predicted octanol–water partition coefficient (Wildman–Crippen LogP) is 4.73. The molecule has 0 N–H and O–H groups in total. The minimum atomic E-state index is -0.397. The Morgan fingerprint density at radius 1 is 1.10 bits per heavy atom. The number of hydrogen-bond donors (Lipinski definition) is 0. The van der Waals surface area contributed by atoms with Gasteiger partial charge in [0.05, 0.1) is 10.3 Å². The van der Waals surface area contributed by atoms with E-state index in [1.54, 1.807) is 12.1 Å². The lowest BCUT2D eigenvalue weighted by atomic mass is 10.00. The Balaban J connectivity index is 2.14. The molecule has 1 unspecified atom stereocenters. The SMILES string of the molecule is Cc1cc(C)cc(C(Cl)Cc2ccc([N+](=O)[O-])cc2)c1. The number of non-ortho nitro benzene ring substituents is 1. The molecule has 2 aromatic rings. The van der Waals surface area contributed by atoms with E-state index in [0.717, 1.165) is 11.1 Å². The highest BCUT2D eigenvalue weighted by molar-refractivity contribution is 6.20. The van der Waals surface area contributed by atoms with Gasteiger partial charge in [-0.2, -0.15) is 0 Å². The Morgan fingerprint density at radius 3 is 2.15 bits per heavy atom. The second-order valence-corrected chi connectivity index (χ2v) is 5.54. The van der Waals surface area contributed by atoms with E-state index in [1.165, 1.54) is 23.3 Å². The Bertz CT molecular complexity index is 603. The number of nitrogens with zero attached hydrogens (tertiary/aromatic N) is 1. The van der Waals surface area contributed by atoms with Crippen molar-refractivity contribution >= 4 is 17.3 Å². The lowest BCUT2D eigenvalue weighted by Crippen LogP contribution is -1.98. The van der Waals surface area contributed by atoms with Crippen molar-refractivity contribution in [1.29, 1.82) is 0 Å². The van der Waals surface area contributed by atoms with E-state index < -0.39 is 4.92 Å². The number of nitro benzene ring substituents is 1. The van der Waals surface area contributed by atoms with E-state index in [-0.39, 0.29) is 11.1 Å². The third-order valence-electron chi connectivity index (χ3n) is 3.17. The smallest absolute Gasteiger partial charge is 0.258 e. The Kier molecular flexibility index (Phi) is 4.40. The molecule has 0 amide bonds. The van der Waals surface area contributed by atoms with Crippen LogP contribution >= 0.6 is 11.6 Å². The highest BCUT2D eigenvalue weighted by atomic mass is 35.5. The zero-order valence-corrected chi connectivity index (χ0v) is 12.2. The zero-order valence-electron chi connectivity index (χ0n) is 11.5. The molecular formula is C16H16ClNO2. The first-order valence-electron chi connectivity index (χ1n) is 6.41. The van der Waals surface area contributed by atoms with Gasteiger partial charge in [-0.1, -0.05) is 41.5 Å². The van der Waals surface area contributed by atoms with Crippen molar-refractivity contribution in [2.45, 2.75) is 25.6 Å². The molecule has 2 rings (SSSR count). The summed E-state index contributed by atoms with van der Waals surface area (Å²) in [5, 5.41) is 10.5. The predicted molar refractivity (Wildman–Crippen MR) is 81.3 cm³/mol. The molecule has 0 aliphatic heterocycles. The maximum absolute atomic E-state index is 10.6. The summed E-state index contributed by atoms with van der Waals surface area (Å²) in [6.07, 6.45) is 0.655. The maximum atomic E-state index is 10.6. The number of halogens is 1. The van der Waals surface area contributed by atoms with Gasteiger partial charge >= 0.3 is 0 Å². The van der Waals surface area contributed by atoms with E-state index >= 15 is 0 Å². The van der Waals surface area contributed by atoms with Crippen molar-refractivity contribution in [3.8, 4) is 0 Å². The minimum absolute atomic E-state index is 0.103. The van der Waals surface area contributed by atoms with E-state index in [1.807, 2.05) is 13.8 Å². The molecule has 20 heavy (non-hydrogen) atoms. The topological polar surface area (TPSA) is 43.1 Å². The molecule has 0 fully saturated rings. The number of hydrogen-bond acceptors (Lipinski definition) is 2. The van der Waals surface area contributed by atoms with Crippen LogP contribution in [0.3, 0.4) is 0 Å². The minimum Gasteiger partial charge on any atom is -0.258 e. The van der Waals surface area contributed by atoms with Crippen molar-refractivity contribution in [3.63, 3.8) is 0 Å². The molecule has 1 atom stereocenters. The molecular weight excluding hydrogens is 274 g/mol. The van der Waals surface area contributed by atoms with E-state index in [9.17, 15) is 10.1 Å². The molecule has 0 spiro atoms. The van der Waals surface area contributed by atoms with Crippen LogP contribution in [0.5, 0.6) is 0 Å². The Hall–Kier alpha value is -1.87. The van der Waals surface area contributed by atoms with Crippen LogP contribution in [0.1, 0.15) is 27.6 Å². The van der Waals surface area contributed by atoms with Crippen LogP contribution in [0.15, 0.2) is 42.5 Å². The molecule has 0 radical (unpaired) electrons. The van der Waals surface area contributed by atoms with Gasteiger partial charge in [-0.05, 0) is 31.4 Å². The first-order chi connectivity index (χ1) is 9.45. The molecule has 0 saturated heterocycles. The summed E-state index contributed by atoms with van der Waals surface area (Å²) in [6.45, 7) is 4.10. The van der Waals surface area contributed by atoms with Crippen molar-refractivity contribution in [1.82, 2.24) is 0 Å². The van der Waals surface area contributed by atoms with Gasteiger partial charge in [0, 0.05) is 12.1 Å². The Labute approximate surface area is 123 Å². The van der Waals surface area contributed by atoms with E-state index in [2.05, 4.69) is 18.2 Å². The fraction of sp³-hybridized carbons (Fsp3) is 0.250. The highest BCUT2D eigenvalue weighted by Crippen LogP contribution is 2.27. The highest BCUT2D eigenvalue weighted by Gasteiger charge is 2.11.